The summed E-state index contributed by atoms with van der Waals surface area (Å²) in [6.45, 7) is 0.0917. The molecule has 0 aliphatic heterocycles. The third kappa shape index (κ3) is 3.97. The molecule has 5 nitrogen and oxygen atoms in total. The lowest BCUT2D eigenvalue weighted by atomic mass is 10.3. The molecule has 0 fully saturated rings. The molecule has 0 saturated heterocycles. The van der Waals surface area contributed by atoms with Crippen LogP contribution in [0.2, 0.25) is 5.02 Å². The van der Waals surface area contributed by atoms with Gasteiger partial charge in [0.2, 0.25) is 0 Å². The second-order valence-corrected chi connectivity index (χ2v) is 6.53. The van der Waals surface area contributed by atoms with Crippen molar-refractivity contribution in [1.82, 2.24) is 5.32 Å². The normalized spacial score (nSPS) is 11.9. The van der Waals surface area contributed by atoms with E-state index >= 15 is 0 Å². The Morgan fingerprint density at radius 3 is 2.79 bits per heavy atom. The Labute approximate surface area is 147 Å². The fourth-order valence-corrected chi connectivity index (χ4v) is 3.25. The van der Waals surface area contributed by atoms with Gasteiger partial charge in [-0.05, 0) is 36.4 Å². The van der Waals surface area contributed by atoms with Gasteiger partial charge in [0.1, 0.15) is 11.9 Å². The number of hydrogen-bond donors (Lipinski definition) is 3. The minimum Gasteiger partial charge on any atom is -0.464 e. The van der Waals surface area contributed by atoms with Crippen molar-refractivity contribution in [3.63, 3.8) is 0 Å². The summed E-state index contributed by atoms with van der Waals surface area (Å²) in [6, 6.07) is 13.9. The first kappa shape index (κ1) is 16.6. The van der Waals surface area contributed by atoms with Gasteiger partial charge in [0, 0.05) is 4.88 Å². The van der Waals surface area contributed by atoms with Crippen LogP contribution < -0.4 is 10.6 Å². The second-order valence-electron chi connectivity index (χ2n) is 5.01. The summed E-state index contributed by atoms with van der Waals surface area (Å²) >= 11 is 7.40. The van der Waals surface area contributed by atoms with Crippen molar-refractivity contribution in [2.24, 2.45) is 0 Å². The highest BCUT2D eigenvalue weighted by atomic mass is 35.5. The summed E-state index contributed by atoms with van der Waals surface area (Å²) in [5.41, 5.74) is 0.516. The summed E-state index contributed by atoms with van der Waals surface area (Å²) in [4.78, 5) is 13.6. The van der Waals surface area contributed by atoms with Crippen LogP contribution in [0.3, 0.4) is 0 Å². The third-order valence-corrected chi connectivity index (χ3v) is 4.83. The Morgan fingerprint density at radius 1 is 1.21 bits per heavy atom. The quantitative estimate of drug-likeness (QED) is 0.624. The van der Waals surface area contributed by atoms with Crippen LogP contribution in [0, 0.1) is 0 Å². The first-order chi connectivity index (χ1) is 11.6. The number of aliphatic hydroxyl groups excluding tert-OH is 1. The van der Waals surface area contributed by atoms with Crippen molar-refractivity contribution in [2.75, 3.05) is 11.9 Å². The summed E-state index contributed by atoms with van der Waals surface area (Å²) in [5.74, 6) is 0.753. The summed E-state index contributed by atoms with van der Waals surface area (Å²) in [6.07, 6.45) is 0.807. The van der Waals surface area contributed by atoms with E-state index in [1.165, 1.54) is 11.3 Å². The van der Waals surface area contributed by atoms with E-state index in [4.69, 9.17) is 16.0 Å². The van der Waals surface area contributed by atoms with Crippen molar-refractivity contribution in [2.45, 2.75) is 6.10 Å². The average molecular weight is 363 g/mol. The van der Waals surface area contributed by atoms with Crippen LogP contribution >= 0.6 is 22.9 Å². The molecule has 24 heavy (non-hydrogen) atoms. The topological polar surface area (TPSA) is 74.5 Å². The number of aliphatic hydroxyl groups is 1. The van der Waals surface area contributed by atoms with Crippen LogP contribution in [0.15, 0.2) is 59.2 Å². The highest BCUT2D eigenvalue weighted by molar-refractivity contribution is 7.15. The van der Waals surface area contributed by atoms with E-state index in [1.54, 1.807) is 30.5 Å². The maximum absolute atomic E-state index is 11.9. The number of halogens is 1. The molecule has 1 unspecified atom stereocenters. The summed E-state index contributed by atoms with van der Waals surface area (Å²) < 4.78 is 5.32. The molecule has 1 atom stereocenters. The number of carbonyl (C=O) groups excluding carboxylic acids is 1. The Morgan fingerprint density at radius 2 is 2.04 bits per heavy atom. The fraction of sp³-hybridized carbons (Fsp3) is 0.118. The molecule has 3 rings (SSSR count). The minimum absolute atomic E-state index is 0.0917. The van der Waals surface area contributed by atoms with Gasteiger partial charge in [-0.15, -0.1) is 11.3 Å². The minimum atomic E-state index is -0.796. The standard InChI is InChI=1S/C17H15ClN2O3S/c18-11-4-1-2-5-12(11)20-17(22)19-10-13(21)15-7-8-16(24-15)14-6-3-9-23-14/h1-9,13,21H,10H2,(H2,19,20,22). The SMILES string of the molecule is O=C(NCC(O)c1ccc(-c2ccco2)s1)Nc1ccccc1Cl. The number of rotatable bonds is 5. The van der Waals surface area contributed by atoms with E-state index in [2.05, 4.69) is 10.6 Å². The lowest BCUT2D eigenvalue weighted by molar-refractivity contribution is 0.178. The fourth-order valence-electron chi connectivity index (χ4n) is 2.10. The van der Waals surface area contributed by atoms with Gasteiger partial charge in [0.05, 0.1) is 28.4 Å². The molecule has 2 aromatic heterocycles. The van der Waals surface area contributed by atoms with Crippen molar-refractivity contribution in [1.29, 1.82) is 0 Å². The van der Waals surface area contributed by atoms with Gasteiger partial charge in [0.25, 0.3) is 0 Å². The predicted octanol–water partition coefficient (Wildman–Crippen LogP) is 4.52. The van der Waals surface area contributed by atoms with Crippen molar-refractivity contribution in [3.05, 3.63) is 64.7 Å². The number of thiophene rings is 1. The van der Waals surface area contributed by atoms with E-state index in [0.717, 1.165) is 15.5 Å². The highest BCUT2D eigenvalue weighted by Crippen LogP contribution is 2.31. The molecule has 1 aromatic carbocycles. The number of amides is 2. The number of nitrogens with one attached hydrogen (secondary N) is 2. The zero-order valence-electron chi connectivity index (χ0n) is 12.5. The van der Waals surface area contributed by atoms with Crippen LogP contribution in [0.4, 0.5) is 10.5 Å². The number of para-hydroxylation sites is 1. The zero-order chi connectivity index (χ0) is 16.9. The smallest absolute Gasteiger partial charge is 0.319 e. The number of furan rings is 1. The molecule has 7 heteroatoms. The number of urea groups is 1. The van der Waals surface area contributed by atoms with Crippen molar-refractivity contribution >= 4 is 34.7 Å². The van der Waals surface area contributed by atoms with Crippen LogP contribution in [0.1, 0.15) is 11.0 Å². The van der Waals surface area contributed by atoms with Crippen molar-refractivity contribution < 1.29 is 14.3 Å². The number of benzene rings is 1. The lowest BCUT2D eigenvalue weighted by Gasteiger charge is -2.12. The maximum Gasteiger partial charge on any atom is 0.319 e. The Balaban J connectivity index is 1.55. The predicted molar refractivity (Wildman–Crippen MR) is 95.5 cm³/mol. The molecule has 2 heterocycles. The van der Waals surface area contributed by atoms with Crippen molar-refractivity contribution in [3.8, 4) is 10.6 Å². The van der Waals surface area contributed by atoms with Gasteiger partial charge in [-0.3, -0.25) is 0 Å². The van der Waals surface area contributed by atoms with Gasteiger partial charge in [-0.2, -0.15) is 0 Å². The number of anilines is 1. The summed E-state index contributed by atoms with van der Waals surface area (Å²) in [5, 5.41) is 15.9. The van der Waals surface area contributed by atoms with E-state index < -0.39 is 12.1 Å². The molecule has 124 valence electrons. The molecule has 0 bridgehead atoms. The average Bonchev–Trinajstić information content (AvgIpc) is 3.25. The molecule has 3 N–H and O–H groups in total. The molecular formula is C17H15ClN2O3S. The van der Waals surface area contributed by atoms with E-state index in [9.17, 15) is 9.90 Å². The Bertz CT molecular complexity index is 817. The second kappa shape index (κ2) is 7.53. The van der Waals surface area contributed by atoms with Crippen LogP contribution in [0.25, 0.3) is 10.6 Å². The van der Waals surface area contributed by atoms with Gasteiger partial charge in [0.15, 0.2) is 0 Å². The number of hydrogen-bond acceptors (Lipinski definition) is 4. The maximum atomic E-state index is 11.9. The molecule has 0 radical (unpaired) electrons. The number of carbonyl (C=O) groups is 1. The zero-order valence-corrected chi connectivity index (χ0v) is 14.1. The monoisotopic (exact) mass is 362 g/mol. The Hall–Kier alpha value is -2.28. The molecule has 0 saturated carbocycles. The van der Waals surface area contributed by atoms with Gasteiger partial charge in [-0.1, -0.05) is 23.7 Å². The molecule has 0 spiro atoms. The molecule has 2 amide bonds. The molecule has 0 aliphatic rings. The first-order valence-corrected chi connectivity index (χ1v) is 8.44. The van der Waals surface area contributed by atoms with E-state index in [1.807, 2.05) is 24.3 Å². The van der Waals surface area contributed by atoms with Gasteiger partial charge in [-0.25, -0.2) is 4.79 Å². The molecular weight excluding hydrogens is 348 g/mol. The van der Waals surface area contributed by atoms with E-state index in [0.29, 0.717) is 10.7 Å². The lowest BCUT2D eigenvalue weighted by Crippen LogP contribution is -2.32. The Kier molecular flexibility index (Phi) is 5.20. The molecule has 0 aliphatic carbocycles. The van der Waals surface area contributed by atoms with E-state index in [-0.39, 0.29) is 6.54 Å². The largest absolute Gasteiger partial charge is 0.464 e. The van der Waals surface area contributed by atoms with Crippen LogP contribution in [-0.2, 0) is 0 Å². The summed E-state index contributed by atoms with van der Waals surface area (Å²) in [7, 11) is 0. The van der Waals surface area contributed by atoms with Gasteiger partial charge >= 0.3 is 6.03 Å². The molecule has 3 aromatic rings. The highest BCUT2D eigenvalue weighted by Gasteiger charge is 2.14. The van der Waals surface area contributed by atoms with Crippen LogP contribution in [0.5, 0.6) is 0 Å². The van der Waals surface area contributed by atoms with Crippen LogP contribution in [-0.4, -0.2) is 17.7 Å². The first-order valence-electron chi connectivity index (χ1n) is 7.24. The third-order valence-electron chi connectivity index (χ3n) is 3.30. The van der Waals surface area contributed by atoms with Gasteiger partial charge < -0.3 is 20.2 Å².